The van der Waals surface area contributed by atoms with Crippen LogP contribution in [0.5, 0.6) is 0 Å². The lowest BCUT2D eigenvalue weighted by Crippen LogP contribution is -2.46. The molecular formula is C55H107NO5. The minimum atomic E-state index is -0.784. The Morgan fingerprint density at radius 2 is 0.787 bits per heavy atom. The van der Waals surface area contributed by atoms with Crippen molar-refractivity contribution in [3.8, 4) is 0 Å². The molecule has 0 aliphatic carbocycles. The number of carbonyl (C=O) groups excluding carboxylic acids is 2. The number of hydrogen-bond acceptors (Lipinski definition) is 5. The third-order valence-corrected chi connectivity index (χ3v) is 12.8. The van der Waals surface area contributed by atoms with Gasteiger partial charge in [0.25, 0.3) is 0 Å². The van der Waals surface area contributed by atoms with Gasteiger partial charge in [0.2, 0.25) is 5.91 Å². The molecule has 0 aromatic heterocycles. The average molecular weight is 862 g/mol. The van der Waals surface area contributed by atoms with E-state index in [0.717, 1.165) is 57.8 Å². The van der Waals surface area contributed by atoms with Gasteiger partial charge in [-0.2, -0.15) is 0 Å². The fourth-order valence-electron chi connectivity index (χ4n) is 8.66. The van der Waals surface area contributed by atoms with E-state index in [4.69, 9.17) is 4.74 Å². The SMILES string of the molecule is CCCCCC/C=C\CCCCCCCC(CC(=O)NC(CO)C(O)CCCCCCCCCCCCCCCCCCC)OC(=O)CCCCCCCCCCCCCC. The number of nitrogens with one attached hydrogen (secondary N) is 1. The van der Waals surface area contributed by atoms with Crippen molar-refractivity contribution in [2.45, 2.75) is 322 Å². The maximum absolute atomic E-state index is 13.2. The first-order valence-electron chi connectivity index (χ1n) is 27.4. The van der Waals surface area contributed by atoms with Gasteiger partial charge in [-0.25, -0.2) is 0 Å². The highest BCUT2D eigenvalue weighted by Crippen LogP contribution is 2.19. The van der Waals surface area contributed by atoms with E-state index in [0.29, 0.717) is 19.3 Å². The van der Waals surface area contributed by atoms with Crippen LogP contribution in [-0.2, 0) is 14.3 Å². The molecule has 0 fully saturated rings. The van der Waals surface area contributed by atoms with Gasteiger partial charge in [-0.1, -0.05) is 251 Å². The Morgan fingerprint density at radius 1 is 0.459 bits per heavy atom. The summed E-state index contributed by atoms with van der Waals surface area (Å²) < 4.78 is 5.94. The van der Waals surface area contributed by atoms with Crippen LogP contribution in [0, 0.1) is 0 Å². The molecule has 362 valence electrons. The van der Waals surface area contributed by atoms with Crippen molar-refractivity contribution in [3.63, 3.8) is 0 Å². The molecule has 0 radical (unpaired) electrons. The number of aliphatic hydroxyl groups excluding tert-OH is 2. The van der Waals surface area contributed by atoms with Gasteiger partial charge in [0.15, 0.2) is 0 Å². The summed E-state index contributed by atoms with van der Waals surface area (Å²) in [5.41, 5.74) is 0. The smallest absolute Gasteiger partial charge is 0.306 e. The van der Waals surface area contributed by atoms with E-state index in [2.05, 4.69) is 38.2 Å². The molecule has 0 aliphatic rings. The van der Waals surface area contributed by atoms with E-state index in [9.17, 15) is 19.8 Å². The van der Waals surface area contributed by atoms with Crippen LogP contribution in [0.4, 0.5) is 0 Å². The number of carbonyl (C=O) groups is 2. The van der Waals surface area contributed by atoms with Crippen molar-refractivity contribution in [3.05, 3.63) is 12.2 Å². The third-order valence-electron chi connectivity index (χ3n) is 12.8. The fourth-order valence-corrected chi connectivity index (χ4v) is 8.66. The van der Waals surface area contributed by atoms with Gasteiger partial charge in [-0.3, -0.25) is 9.59 Å². The number of hydrogen-bond donors (Lipinski definition) is 3. The second-order valence-corrected chi connectivity index (χ2v) is 19.0. The second kappa shape index (κ2) is 49.6. The predicted molar refractivity (Wildman–Crippen MR) is 264 cm³/mol. The van der Waals surface area contributed by atoms with Crippen LogP contribution in [0.3, 0.4) is 0 Å². The lowest BCUT2D eigenvalue weighted by Gasteiger charge is -2.24. The Hall–Kier alpha value is -1.40. The molecule has 0 saturated carbocycles. The van der Waals surface area contributed by atoms with Crippen LogP contribution in [0.1, 0.15) is 303 Å². The van der Waals surface area contributed by atoms with Gasteiger partial charge >= 0.3 is 5.97 Å². The number of amides is 1. The molecule has 0 rings (SSSR count). The van der Waals surface area contributed by atoms with Crippen LogP contribution < -0.4 is 5.32 Å². The summed E-state index contributed by atoms with van der Waals surface area (Å²) in [7, 11) is 0. The normalized spacial score (nSPS) is 13.2. The van der Waals surface area contributed by atoms with Crippen LogP contribution in [-0.4, -0.2) is 46.9 Å². The second-order valence-electron chi connectivity index (χ2n) is 19.0. The third kappa shape index (κ3) is 45.0. The number of unbranched alkanes of at least 4 members (excludes halogenated alkanes) is 36. The number of esters is 1. The van der Waals surface area contributed by atoms with Crippen molar-refractivity contribution in [1.82, 2.24) is 5.32 Å². The molecule has 3 atom stereocenters. The van der Waals surface area contributed by atoms with Gasteiger partial charge in [0.05, 0.1) is 25.2 Å². The summed E-state index contributed by atoms with van der Waals surface area (Å²) in [4.78, 5) is 26.1. The quantitative estimate of drug-likeness (QED) is 0.0322. The van der Waals surface area contributed by atoms with Crippen molar-refractivity contribution >= 4 is 11.9 Å². The molecule has 0 spiro atoms. The molecule has 6 nitrogen and oxygen atoms in total. The topological polar surface area (TPSA) is 95.9 Å². The molecule has 61 heavy (non-hydrogen) atoms. The summed E-state index contributed by atoms with van der Waals surface area (Å²) in [5.74, 6) is -0.464. The summed E-state index contributed by atoms with van der Waals surface area (Å²) >= 11 is 0. The lowest BCUT2D eigenvalue weighted by atomic mass is 10.0. The first kappa shape index (κ1) is 59.6. The maximum Gasteiger partial charge on any atom is 0.306 e. The molecule has 3 N–H and O–H groups in total. The van der Waals surface area contributed by atoms with Crippen LogP contribution in [0.25, 0.3) is 0 Å². The van der Waals surface area contributed by atoms with Gasteiger partial charge in [0, 0.05) is 6.42 Å². The zero-order valence-electron chi connectivity index (χ0n) is 41.3. The van der Waals surface area contributed by atoms with Crippen molar-refractivity contribution in [1.29, 1.82) is 0 Å². The zero-order chi connectivity index (χ0) is 44.5. The maximum atomic E-state index is 13.2. The van der Waals surface area contributed by atoms with E-state index in [1.807, 2.05) is 0 Å². The van der Waals surface area contributed by atoms with E-state index in [1.54, 1.807) is 0 Å². The van der Waals surface area contributed by atoms with Crippen LogP contribution in [0.2, 0.25) is 0 Å². The van der Waals surface area contributed by atoms with Gasteiger partial charge in [0.1, 0.15) is 6.10 Å². The Balaban J connectivity index is 4.47. The van der Waals surface area contributed by atoms with Gasteiger partial charge in [-0.15, -0.1) is 0 Å². The highest BCUT2D eigenvalue weighted by molar-refractivity contribution is 5.77. The Morgan fingerprint density at radius 3 is 1.18 bits per heavy atom. The Labute approximate surface area is 380 Å². The molecule has 1 amide bonds. The summed E-state index contributed by atoms with van der Waals surface area (Å²) in [6.07, 6.45) is 55.6. The molecule has 6 heteroatoms. The van der Waals surface area contributed by atoms with Gasteiger partial charge < -0.3 is 20.3 Å². The van der Waals surface area contributed by atoms with Crippen LogP contribution >= 0.6 is 0 Å². The first-order chi connectivity index (χ1) is 30.0. The summed E-state index contributed by atoms with van der Waals surface area (Å²) in [5, 5.41) is 23.8. The largest absolute Gasteiger partial charge is 0.462 e. The molecule has 0 aromatic rings. The van der Waals surface area contributed by atoms with Crippen molar-refractivity contribution in [2.24, 2.45) is 0 Å². The van der Waals surface area contributed by atoms with E-state index >= 15 is 0 Å². The standard InChI is InChI=1S/C55H107NO5/c1-4-7-10-13-16-19-22-25-26-27-28-30-32-35-38-41-44-47-53(58)52(50-57)56-54(59)49-51(46-43-40-37-34-31-29-23-20-17-14-11-8-5-2)61-55(60)48-45-42-39-36-33-24-21-18-15-12-9-6-3/h20,23,51-53,57-58H,4-19,21-22,24-50H2,1-3H3,(H,56,59)/b23-20-. The Kier molecular flexibility index (Phi) is 48.5. The summed E-state index contributed by atoms with van der Waals surface area (Å²) in [6, 6.07) is -0.698. The molecule has 3 unspecified atom stereocenters. The highest BCUT2D eigenvalue weighted by atomic mass is 16.5. The number of allylic oxidation sites excluding steroid dienone is 2. The van der Waals surface area contributed by atoms with E-state index in [-0.39, 0.29) is 24.9 Å². The number of ether oxygens (including phenoxy) is 1. The average Bonchev–Trinajstić information content (AvgIpc) is 3.25. The lowest BCUT2D eigenvalue weighted by molar-refractivity contribution is -0.151. The summed E-state index contributed by atoms with van der Waals surface area (Å²) in [6.45, 7) is 6.50. The molecular weight excluding hydrogens is 755 g/mol. The molecule has 0 heterocycles. The Bertz CT molecular complexity index is 924. The monoisotopic (exact) mass is 862 g/mol. The van der Waals surface area contributed by atoms with Crippen molar-refractivity contribution < 1.29 is 24.5 Å². The minimum absolute atomic E-state index is 0.0789. The molecule has 0 aromatic carbocycles. The minimum Gasteiger partial charge on any atom is -0.462 e. The van der Waals surface area contributed by atoms with Crippen LogP contribution in [0.15, 0.2) is 12.2 Å². The zero-order valence-corrected chi connectivity index (χ0v) is 41.3. The number of rotatable bonds is 50. The fraction of sp³-hybridized carbons (Fsp3) is 0.927. The highest BCUT2D eigenvalue weighted by Gasteiger charge is 2.24. The first-order valence-corrected chi connectivity index (χ1v) is 27.4. The molecule has 0 saturated heterocycles. The van der Waals surface area contributed by atoms with Gasteiger partial charge in [-0.05, 0) is 51.4 Å². The molecule has 0 aliphatic heterocycles. The van der Waals surface area contributed by atoms with E-state index < -0.39 is 18.2 Å². The predicted octanol–water partition coefficient (Wildman–Crippen LogP) is 16.5. The van der Waals surface area contributed by atoms with E-state index in [1.165, 1.54) is 199 Å². The molecule has 0 bridgehead atoms. The number of aliphatic hydroxyl groups is 2. The van der Waals surface area contributed by atoms with Crippen molar-refractivity contribution in [2.75, 3.05) is 6.61 Å².